The van der Waals surface area contributed by atoms with E-state index in [9.17, 15) is 0 Å². The third kappa shape index (κ3) is 5.87. The highest BCUT2D eigenvalue weighted by Gasteiger charge is 2.22. The van der Waals surface area contributed by atoms with Crippen LogP contribution in [0.3, 0.4) is 0 Å². The number of benzene rings is 9. The predicted octanol–water partition coefficient (Wildman–Crippen LogP) is 15.8. The number of hydrogen-bond donors (Lipinski definition) is 0. The van der Waals surface area contributed by atoms with Crippen LogP contribution in [0, 0.1) is 6.57 Å². The summed E-state index contributed by atoms with van der Waals surface area (Å²) in [6.07, 6.45) is 0. The number of fused-ring (bicyclic) bond motifs is 7. The van der Waals surface area contributed by atoms with Crippen molar-refractivity contribution in [3.8, 4) is 67.5 Å². The van der Waals surface area contributed by atoms with Gasteiger partial charge in [-0.05, 0) is 62.9 Å². The van der Waals surface area contributed by atoms with Gasteiger partial charge in [0.05, 0.1) is 6.57 Å². The van der Waals surface area contributed by atoms with Crippen molar-refractivity contribution >= 4 is 69.9 Å². The Morgan fingerprint density at radius 3 is 1.77 bits per heavy atom. The molecule has 0 fully saturated rings. The van der Waals surface area contributed by atoms with Crippen LogP contribution in [0.2, 0.25) is 0 Å². The van der Waals surface area contributed by atoms with Crippen molar-refractivity contribution in [2.45, 2.75) is 0 Å². The van der Waals surface area contributed by atoms with Crippen LogP contribution in [0.4, 0.5) is 5.69 Å². The van der Waals surface area contributed by atoms with E-state index in [-0.39, 0.29) is 0 Å². The van der Waals surface area contributed by atoms with Crippen molar-refractivity contribution in [1.29, 1.82) is 0 Å². The van der Waals surface area contributed by atoms with Crippen LogP contribution in [0.15, 0.2) is 199 Å². The zero-order valence-corrected chi connectivity index (χ0v) is 33.9. The van der Waals surface area contributed by atoms with Crippen LogP contribution in [-0.2, 0) is 0 Å². The summed E-state index contributed by atoms with van der Waals surface area (Å²) < 4.78 is 8.99. The van der Waals surface area contributed by atoms with E-state index in [1.54, 1.807) is 11.3 Å². The SMILES string of the molecule is [C-]#[N+]c1cccc(-c2cccc3c2oc2cccc(-c4nc(-c5ccccc5)nc(-c5cccc6c5sc5c(-c7ccc8cccc(-c9ccccc9)c8c7)cccc56)n4)c23)c1. The normalized spacial score (nSPS) is 11.5. The summed E-state index contributed by atoms with van der Waals surface area (Å²) in [6, 6.07) is 67.0. The number of aromatic nitrogens is 3. The van der Waals surface area contributed by atoms with E-state index < -0.39 is 0 Å². The molecule has 0 bridgehead atoms. The maximum Gasteiger partial charge on any atom is 0.187 e. The maximum absolute atomic E-state index is 7.59. The van der Waals surface area contributed by atoms with Gasteiger partial charge in [-0.1, -0.05) is 170 Å². The molecular formula is C56H32N4OS. The highest BCUT2D eigenvalue weighted by atomic mass is 32.1. The third-order valence-electron chi connectivity index (χ3n) is 11.8. The van der Waals surface area contributed by atoms with Gasteiger partial charge >= 0.3 is 0 Å². The number of furan rings is 1. The second-order valence-corrected chi connectivity index (χ2v) is 16.4. The van der Waals surface area contributed by atoms with E-state index in [1.807, 2.05) is 78.9 Å². The molecule has 0 aliphatic carbocycles. The summed E-state index contributed by atoms with van der Waals surface area (Å²) in [5.41, 5.74) is 11.4. The largest absolute Gasteiger partial charge is 0.455 e. The van der Waals surface area contributed by atoms with Crippen molar-refractivity contribution < 1.29 is 4.42 Å². The molecule has 3 aromatic heterocycles. The second kappa shape index (κ2) is 14.5. The van der Waals surface area contributed by atoms with Crippen LogP contribution in [-0.4, -0.2) is 15.0 Å². The molecule has 9 aromatic carbocycles. The first-order valence-corrected chi connectivity index (χ1v) is 21.3. The fourth-order valence-electron chi connectivity index (χ4n) is 8.87. The molecule has 0 aliphatic heterocycles. The summed E-state index contributed by atoms with van der Waals surface area (Å²) in [5.74, 6) is 1.76. The summed E-state index contributed by atoms with van der Waals surface area (Å²) >= 11 is 1.79. The first-order valence-electron chi connectivity index (χ1n) is 20.5. The van der Waals surface area contributed by atoms with E-state index in [0.717, 1.165) is 59.8 Å². The van der Waals surface area contributed by atoms with Gasteiger partial charge in [-0.25, -0.2) is 19.8 Å². The average molecular weight is 809 g/mol. The highest BCUT2D eigenvalue weighted by Crippen LogP contribution is 2.45. The van der Waals surface area contributed by atoms with Crippen molar-refractivity contribution in [3.05, 3.63) is 206 Å². The Balaban J connectivity index is 1.05. The topological polar surface area (TPSA) is 56.2 Å². The van der Waals surface area contributed by atoms with Crippen molar-refractivity contribution in [2.75, 3.05) is 0 Å². The van der Waals surface area contributed by atoms with Crippen molar-refractivity contribution in [1.82, 2.24) is 15.0 Å². The van der Waals surface area contributed by atoms with E-state index in [1.165, 1.54) is 43.1 Å². The lowest BCUT2D eigenvalue weighted by molar-refractivity contribution is 0.670. The van der Waals surface area contributed by atoms with Gasteiger partial charge in [-0.3, -0.25) is 0 Å². The van der Waals surface area contributed by atoms with Crippen LogP contribution in [0.25, 0.3) is 125 Å². The number of thiophene rings is 1. The molecule has 0 atom stereocenters. The maximum atomic E-state index is 7.59. The molecule has 0 spiro atoms. The van der Waals surface area contributed by atoms with E-state index >= 15 is 0 Å². The number of hydrogen-bond acceptors (Lipinski definition) is 5. The minimum absolute atomic E-state index is 0.562. The second-order valence-electron chi connectivity index (χ2n) is 15.4. The molecular weight excluding hydrogens is 777 g/mol. The summed E-state index contributed by atoms with van der Waals surface area (Å²) in [4.78, 5) is 19.4. The lowest BCUT2D eigenvalue weighted by Crippen LogP contribution is -2.00. The molecule has 5 nitrogen and oxygen atoms in total. The first kappa shape index (κ1) is 35.7. The van der Waals surface area contributed by atoms with Crippen molar-refractivity contribution in [2.24, 2.45) is 0 Å². The predicted molar refractivity (Wildman–Crippen MR) is 256 cm³/mol. The molecule has 6 heteroatoms. The Kier molecular flexibility index (Phi) is 8.34. The zero-order valence-electron chi connectivity index (χ0n) is 33.1. The Morgan fingerprint density at radius 2 is 0.984 bits per heavy atom. The van der Waals surface area contributed by atoms with Crippen molar-refractivity contribution in [3.63, 3.8) is 0 Å². The monoisotopic (exact) mass is 808 g/mol. The molecule has 0 unspecified atom stereocenters. The number of para-hydroxylation sites is 1. The van der Waals surface area contributed by atoms with Crippen LogP contribution < -0.4 is 0 Å². The van der Waals surface area contributed by atoms with E-state index in [0.29, 0.717) is 23.2 Å². The van der Waals surface area contributed by atoms with E-state index in [2.05, 4.69) is 120 Å². The Labute approximate surface area is 360 Å². The number of nitrogens with zero attached hydrogens (tertiary/aromatic N) is 4. The molecule has 62 heavy (non-hydrogen) atoms. The quantitative estimate of drug-likeness (QED) is 0.157. The zero-order chi connectivity index (χ0) is 41.1. The first-order chi connectivity index (χ1) is 30.7. The van der Waals surface area contributed by atoms with Gasteiger partial charge in [0.15, 0.2) is 23.2 Å². The lowest BCUT2D eigenvalue weighted by Gasteiger charge is -2.10. The van der Waals surface area contributed by atoms with Gasteiger partial charge in [0.25, 0.3) is 0 Å². The molecule has 0 aliphatic rings. The molecule has 0 amide bonds. The Bertz CT molecular complexity index is 3770. The summed E-state index contributed by atoms with van der Waals surface area (Å²) in [6.45, 7) is 7.59. The van der Waals surface area contributed by atoms with Crippen LogP contribution in [0.5, 0.6) is 0 Å². The standard InChI is InChI=1S/C56H32N4OS/c1-57-39-20-8-19-37(32-39)41-22-10-26-45-50-46(27-13-29-49(50)61-51(41)45)55-58-54(36-16-6-3-7-17-36)59-56(60-55)47-28-12-25-44-43-24-11-23-42(52(43)62-53(44)47)38-31-30-35-18-9-21-40(48(35)33-38)34-14-4-2-5-15-34/h2-33H. The van der Waals surface area contributed by atoms with Gasteiger partial charge < -0.3 is 4.42 Å². The smallest absolute Gasteiger partial charge is 0.187 e. The van der Waals surface area contributed by atoms with Crippen LogP contribution >= 0.6 is 11.3 Å². The Morgan fingerprint density at radius 1 is 0.403 bits per heavy atom. The number of rotatable bonds is 6. The van der Waals surface area contributed by atoms with Gasteiger partial charge in [-0.2, -0.15) is 0 Å². The Hall–Kier alpha value is -8.24. The van der Waals surface area contributed by atoms with Gasteiger partial charge in [0, 0.05) is 53.2 Å². The summed E-state index contributed by atoms with van der Waals surface area (Å²) in [7, 11) is 0. The fourth-order valence-corrected chi connectivity index (χ4v) is 10.2. The molecule has 0 N–H and O–H groups in total. The molecule has 0 radical (unpaired) electrons. The van der Waals surface area contributed by atoms with E-state index in [4.69, 9.17) is 25.9 Å². The molecule has 0 saturated carbocycles. The summed E-state index contributed by atoms with van der Waals surface area (Å²) in [5, 5.41) is 6.69. The molecule has 3 heterocycles. The molecule has 0 saturated heterocycles. The van der Waals surface area contributed by atoms with Crippen LogP contribution in [0.1, 0.15) is 0 Å². The average Bonchev–Trinajstić information content (AvgIpc) is 3.93. The molecule has 12 aromatic rings. The molecule has 12 rings (SSSR count). The minimum atomic E-state index is 0.562. The minimum Gasteiger partial charge on any atom is -0.455 e. The van der Waals surface area contributed by atoms with Gasteiger partial charge in [0.2, 0.25) is 0 Å². The molecule has 288 valence electrons. The van der Waals surface area contributed by atoms with Gasteiger partial charge in [-0.15, -0.1) is 11.3 Å². The fraction of sp³-hybridized carbons (Fsp3) is 0. The third-order valence-corrected chi connectivity index (χ3v) is 13.0. The lowest BCUT2D eigenvalue weighted by atomic mass is 9.94. The van der Waals surface area contributed by atoms with Gasteiger partial charge in [0.1, 0.15) is 11.2 Å². The highest BCUT2D eigenvalue weighted by molar-refractivity contribution is 7.26.